The molecule has 2 radical (unpaired) electrons. The molecule has 4 heteroatoms. The first-order chi connectivity index (χ1) is 4.39. The largest absolute Gasteiger partial charge is 0.412 e. The lowest BCUT2D eigenvalue weighted by Crippen LogP contribution is -1.97. The Kier molecular flexibility index (Phi) is 18.0. The molecule has 0 saturated heterocycles. The fourth-order valence-electron chi connectivity index (χ4n) is 0.453. The monoisotopic (exact) mass is 156 g/mol. The minimum atomic E-state index is 0. The zero-order valence-electron chi connectivity index (χ0n) is 6.41. The maximum absolute atomic E-state index is 7.00. The van der Waals surface area contributed by atoms with Gasteiger partial charge >= 0.3 is 0 Å². The molecule has 0 aliphatic heterocycles. The van der Waals surface area contributed by atoms with Crippen molar-refractivity contribution in [3.63, 3.8) is 0 Å². The van der Waals surface area contributed by atoms with Crippen LogP contribution >= 0.6 is 0 Å². The number of aliphatic hydroxyl groups excluding tert-OH is 1. The Morgan fingerprint density at radius 3 is 1.55 bits per heavy atom. The van der Waals surface area contributed by atoms with Crippen LogP contribution in [0.4, 0.5) is 0 Å². The van der Waals surface area contributed by atoms with Gasteiger partial charge in [-0.2, -0.15) is 0 Å². The van der Waals surface area contributed by atoms with E-state index in [4.69, 9.17) is 13.0 Å². The smallest absolute Gasteiger partial charge is 0.113 e. The van der Waals surface area contributed by atoms with Crippen LogP contribution in [-0.2, 0) is 0 Å². The van der Waals surface area contributed by atoms with Crippen LogP contribution in [0.3, 0.4) is 0 Å². The highest BCUT2D eigenvalue weighted by molar-refractivity contribution is 6.32. The minimum Gasteiger partial charge on any atom is -0.412 e. The number of hydrogen-bond donors (Lipinski definition) is 1. The van der Waals surface area contributed by atoms with Gasteiger partial charge in [0.05, 0.1) is 0 Å². The van der Waals surface area contributed by atoms with Gasteiger partial charge in [0, 0.05) is 7.11 Å². The SMILES string of the molecule is CO.O.O.[B]c1ccccc1. The first-order valence-electron chi connectivity index (χ1n) is 2.65. The second-order valence-corrected chi connectivity index (χ2v) is 1.41. The summed E-state index contributed by atoms with van der Waals surface area (Å²) in [5, 5.41) is 7.00. The molecule has 0 saturated carbocycles. The number of aliphatic hydroxyl groups is 1. The third-order valence-electron chi connectivity index (χ3n) is 0.800. The van der Waals surface area contributed by atoms with Crippen LogP contribution in [-0.4, -0.2) is 31.0 Å². The molecule has 62 valence electrons. The van der Waals surface area contributed by atoms with Gasteiger partial charge in [-0.3, -0.25) is 0 Å². The lowest BCUT2D eigenvalue weighted by atomic mass is 9.97. The molecule has 1 rings (SSSR count). The van der Waals surface area contributed by atoms with E-state index in [9.17, 15) is 0 Å². The average Bonchev–Trinajstić information content (AvgIpc) is 1.94. The van der Waals surface area contributed by atoms with Crippen LogP contribution < -0.4 is 5.46 Å². The number of benzene rings is 1. The summed E-state index contributed by atoms with van der Waals surface area (Å²) in [6.07, 6.45) is 0. The highest BCUT2D eigenvalue weighted by Crippen LogP contribution is 1.76. The van der Waals surface area contributed by atoms with E-state index in [1.54, 1.807) is 0 Å². The van der Waals surface area contributed by atoms with Gasteiger partial charge in [-0.25, -0.2) is 0 Å². The molecule has 0 aliphatic carbocycles. The van der Waals surface area contributed by atoms with Crippen molar-refractivity contribution in [2.75, 3.05) is 7.11 Å². The van der Waals surface area contributed by atoms with Crippen molar-refractivity contribution in [2.24, 2.45) is 0 Å². The molecule has 1 aromatic rings. The van der Waals surface area contributed by atoms with E-state index in [1.807, 2.05) is 30.3 Å². The summed E-state index contributed by atoms with van der Waals surface area (Å²) in [6, 6.07) is 9.49. The van der Waals surface area contributed by atoms with Crippen LogP contribution in [0.25, 0.3) is 0 Å². The highest BCUT2D eigenvalue weighted by Gasteiger charge is 1.71. The Labute approximate surface area is 67.7 Å². The summed E-state index contributed by atoms with van der Waals surface area (Å²) in [4.78, 5) is 0. The molecule has 0 amide bonds. The van der Waals surface area contributed by atoms with E-state index < -0.39 is 0 Å². The molecule has 11 heavy (non-hydrogen) atoms. The van der Waals surface area contributed by atoms with Gasteiger partial charge in [0.2, 0.25) is 0 Å². The predicted octanol–water partition coefficient (Wildman–Crippen LogP) is -1.56. The summed E-state index contributed by atoms with van der Waals surface area (Å²) in [6.45, 7) is 0. The third kappa shape index (κ3) is 9.16. The van der Waals surface area contributed by atoms with Crippen LogP contribution in [0.15, 0.2) is 30.3 Å². The van der Waals surface area contributed by atoms with E-state index in [2.05, 4.69) is 0 Å². The van der Waals surface area contributed by atoms with Crippen molar-refractivity contribution in [1.29, 1.82) is 0 Å². The molecule has 3 nitrogen and oxygen atoms in total. The van der Waals surface area contributed by atoms with E-state index >= 15 is 0 Å². The summed E-state index contributed by atoms with van der Waals surface area (Å²) in [5.41, 5.74) is 0.822. The van der Waals surface area contributed by atoms with Gasteiger partial charge in [-0.15, -0.1) is 0 Å². The number of rotatable bonds is 0. The molecule has 0 aromatic heterocycles. The predicted molar refractivity (Wildman–Crippen MR) is 47.2 cm³/mol. The standard InChI is InChI=1S/C6H5B.CH4O.2H2O/c7-6-4-2-1-3-5-6;1-2;;/h1-5H;2H,1H3;2*1H2. The second-order valence-electron chi connectivity index (χ2n) is 1.41. The molecule has 0 atom stereocenters. The molecule has 0 unspecified atom stereocenters. The maximum Gasteiger partial charge on any atom is 0.113 e. The summed E-state index contributed by atoms with van der Waals surface area (Å²) in [7, 11) is 6.36. The second kappa shape index (κ2) is 11.9. The lowest BCUT2D eigenvalue weighted by molar-refractivity contribution is 0.399. The Morgan fingerprint density at radius 1 is 1.00 bits per heavy atom. The zero-order chi connectivity index (χ0) is 7.11. The first-order valence-corrected chi connectivity index (χ1v) is 2.65. The Bertz CT molecular complexity index is 144. The number of hydrogen-bond acceptors (Lipinski definition) is 1. The maximum atomic E-state index is 7.00. The molecule has 1 aromatic carbocycles. The molecule has 0 aliphatic rings. The lowest BCUT2D eigenvalue weighted by Gasteiger charge is -1.83. The fourth-order valence-corrected chi connectivity index (χ4v) is 0.453. The fraction of sp³-hybridized carbons (Fsp3) is 0.143. The van der Waals surface area contributed by atoms with E-state index in [0.29, 0.717) is 0 Å². The summed E-state index contributed by atoms with van der Waals surface area (Å²) in [5.74, 6) is 0. The van der Waals surface area contributed by atoms with Crippen molar-refractivity contribution in [1.82, 2.24) is 0 Å². The van der Waals surface area contributed by atoms with E-state index in [1.165, 1.54) is 0 Å². The summed E-state index contributed by atoms with van der Waals surface area (Å²) >= 11 is 0. The van der Waals surface area contributed by atoms with E-state index in [0.717, 1.165) is 12.6 Å². The topological polar surface area (TPSA) is 83.2 Å². The molecule has 5 N–H and O–H groups in total. The zero-order valence-corrected chi connectivity index (χ0v) is 6.41. The van der Waals surface area contributed by atoms with Gasteiger partial charge in [0.15, 0.2) is 0 Å². The Hall–Kier alpha value is -0.835. The molecule has 0 fully saturated rings. The van der Waals surface area contributed by atoms with Gasteiger partial charge < -0.3 is 16.1 Å². The van der Waals surface area contributed by atoms with Crippen molar-refractivity contribution >= 4 is 13.3 Å². The van der Waals surface area contributed by atoms with Gasteiger partial charge in [-0.1, -0.05) is 35.8 Å². The quantitative estimate of drug-likeness (QED) is 0.452. The van der Waals surface area contributed by atoms with Crippen molar-refractivity contribution in [3.05, 3.63) is 30.3 Å². The molecule has 0 bridgehead atoms. The first kappa shape index (κ1) is 16.6. The summed E-state index contributed by atoms with van der Waals surface area (Å²) < 4.78 is 0. The van der Waals surface area contributed by atoms with E-state index in [-0.39, 0.29) is 11.0 Å². The Balaban J connectivity index is -0.000000149. The molecular formula is C7H13BO3. The third-order valence-corrected chi connectivity index (χ3v) is 0.800. The van der Waals surface area contributed by atoms with Gasteiger partial charge in [-0.05, 0) is 0 Å². The van der Waals surface area contributed by atoms with Crippen LogP contribution in [0, 0.1) is 0 Å². The normalized spacial score (nSPS) is 6.00. The Morgan fingerprint density at radius 2 is 1.36 bits per heavy atom. The highest BCUT2D eigenvalue weighted by atomic mass is 16.2. The van der Waals surface area contributed by atoms with Crippen LogP contribution in [0.2, 0.25) is 0 Å². The van der Waals surface area contributed by atoms with Crippen molar-refractivity contribution in [3.8, 4) is 0 Å². The molecule has 0 heterocycles. The van der Waals surface area contributed by atoms with Gasteiger partial charge in [0.25, 0.3) is 0 Å². The minimum absolute atomic E-state index is 0. The van der Waals surface area contributed by atoms with Gasteiger partial charge in [0.1, 0.15) is 7.85 Å². The molecular weight excluding hydrogens is 143 g/mol. The van der Waals surface area contributed by atoms with Crippen molar-refractivity contribution in [2.45, 2.75) is 0 Å². The molecule has 0 spiro atoms. The van der Waals surface area contributed by atoms with Crippen LogP contribution in [0.1, 0.15) is 0 Å². The van der Waals surface area contributed by atoms with Crippen LogP contribution in [0.5, 0.6) is 0 Å². The van der Waals surface area contributed by atoms with Crippen molar-refractivity contribution < 1.29 is 16.1 Å². The average molecular weight is 156 g/mol.